The van der Waals surface area contributed by atoms with Crippen LogP contribution in [-0.2, 0) is 0 Å². The molecule has 0 aliphatic heterocycles. The zero-order chi connectivity index (χ0) is 13.0. The summed E-state index contributed by atoms with van der Waals surface area (Å²) in [5.74, 6) is 0. The van der Waals surface area contributed by atoms with E-state index in [2.05, 4.69) is 0 Å². The summed E-state index contributed by atoms with van der Waals surface area (Å²) in [4.78, 5) is 12.8. The number of carbonyl (C=O) groups is 1. The maximum atomic E-state index is 12.0. The topological polar surface area (TPSA) is 40.9 Å². The van der Waals surface area contributed by atoms with Crippen LogP contribution in [0.15, 0.2) is 53.4 Å². The second-order valence-corrected chi connectivity index (χ2v) is 5.02. The molecule has 0 amide bonds. The number of benzene rings is 2. The van der Waals surface area contributed by atoms with Gasteiger partial charge in [-0.3, -0.25) is 4.79 Å². The molecule has 2 aromatic rings. The highest BCUT2D eigenvalue weighted by atomic mass is 35.5. The highest BCUT2D eigenvalue weighted by molar-refractivity contribution is 8.14. The predicted octanol–water partition coefficient (Wildman–Crippen LogP) is 4.14. The van der Waals surface area contributed by atoms with E-state index >= 15 is 0 Å². The molecule has 88 valence electrons. The van der Waals surface area contributed by atoms with Crippen LogP contribution in [0.1, 0.15) is 15.9 Å². The van der Waals surface area contributed by atoms with E-state index in [4.69, 9.17) is 16.9 Å². The Hall–Kier alpha value is -1.76. The van der Waals surface area contributed by atoms with Crippen molar-refractivity contribution in [3.63, 3.8) is 0 Å². The van der Waals surface area contributed by atoms with Gasteiger partial charge in [-0.05, 0) is 48.2 Å². The second-order valence-electron chi connectivity index (χ2n) is 3.54. The van der Waals surface area contributed by atoms with E-state index < -0.39 is 0 Å². The van der Waals surface area contributed by atoms with Crippen molar-refractivity contribution < 1.29 is 4.79 Å². The summed E-state index contributed by atoms with van der Waals surface area (Å²) in [6.07, 6.45) is 0. The van der Waals surface area contributed by atoms with Crippen molar-refractivity contribution in [3.8, 4) is 6.07 Å². The van der Waals surface area contributed by atoms with Gasteiger partial charge in [0.1, 0.15) is 0 Å². The van der Waals surface area contributed by atoms with Crippen LogP contribution in [0, 0.1) is 11.3 Å². The third kappa shape index (κ3) is 3.13. The van der Waals surface area contributed by atoms with Gasteiger partial charge in [0.05, 0.1) is 11.6 Å². The number of rotatable bonds is 2. The lowest BCUT2D eigenvalue weighted by atomic mass is 10.1. The molecule has 0 radical (unpaired) electrons. The first-order valence-electron chi connectivity index (χ1n) is 5.17. The quantitative estimate of drug-likeness (QED) is 0.772. The van der Waals surface area contributed by atoms with Crippen LogP contribution in [0.3, 0.4) is 0 Å². The molecular weight excluding hydrogens is 266 g/mol. The van der Waals surface area contributed by atoms with Crippen molar-refractivity contribution in [1.82, 2.24) is 0 Å². The highest BCUT2D eigenvalue weighted by Crippen LogP contribution is 2.24. The molecule has 0 bridgehead atoms. The van der Waals surface area contributed by atoms with Gasteiger partial charge in [-0.1, -0.05) is 23.7 Å². The molecular formula is C14H8ClNOS. The molecule has 0 heterocycles. The van der Waals surface area contributed by atoms with Gasteiger partial charge in [-0.15, -0.1) is 0 Å². The maximum absolute atomic E-state index is 12.0. The first-order valence-corrected chi connectivity index (χ1v) is 6.36. The lowest BCUT2D eigenvalue weighted by molar-refractivity contribution is 0.108. The van der Waals surface area contributed by atoms with Gasteiger partial charge in [-0.2, -0.15) is 5.26 Å². The summed E-state index contributed by atoms with van der Waals surface area (Å²) in [5.41, 5.74) is 1.01. The van der Waals surface area contributed by atoms with Crippen LogP contribution in [0.25, 0.3) is 0 Å². The fraction of sp³-hybridized carbons (Fsp3) is 0. The van der Waals surface area contributed by atoms with Crippen LogP contribution in [0.5, 0.6) is 0 Å². The van der Waals surface area contributed by atoms with Crippen molar-refractivity contribution in [2.75, 3.05) is 0 Å². The van der Waals surface area contributed by atoms with Gasteiger partial charge in [0, 0.05) is 15.5 Å². The molecule has 0 spiro atoms. The molecule has 0 aliphatic carbocycles. The minimum atomic E-state index is -0.0885. The number of thioether (sulfide) groups is 1. The average molecular weight is 274 g/mol. The molecule has 0 atom stereocenters. The zero-order valence-corrected chi connectivity index (χ0v) is 10.8. The Morgan fingerprint density at radius 2 is 1.89 bits per heavy atom. The normalized spacial score (nSPS) is 9.78. The SMILES string of the molecule is N#Cc1cccc(C(=O)Sc2ccc(Cl)cc2)c1. The first-order chi connectivity index (χ1) is 8.69. The van der Waals surface area contributed by atoms with E-state index in [-0.39, 0.29) is 5.12 Å². The fourth-order valence-corrected chi connectivity index (χ4v) is 2.24. The summed E-state index contributed by atoms with van der Waals surface area (Å²) in [6.45, 7) is 0. The lowest BCUT2D eigenvalue weighted by Gasteiger charge is -2.01. The molecule has 0 unspecified atom stereocenters. The first kappa shape index (κ1) is 12.7. The van der Waals surface area contributed by atoms with Crippen molar-refractivity contribution >= 4 is 28.5 Å². The third-order valence-corrected chi connectivity index (χ3v) is 3.43. The molecule has 2 aromatic carbocycles. The van der Waals surface area contributed by atoms with Crippen molar-refractivity contribution in [3.05, 3.63) is 64.7 Å². The number of hydrogen-bond donors (Lipinski definition) is 0. The minimum Gasteiger partial charge on any atom is -0.281 e. The van der Waals surface area contributed by atoms with E-state index in [1.165, 1.54) is 0 Å². The van der Waals surface area contributed by atoms with E-state index in [1.54, 1.807) is 48.5 Å². The number of nitrogens with zero attached hydrogens (tertiary/aromatic N) is 1. The standard InChI is InChI=1S/C14H8ClNOS/c15-12-4-6-13(7-5-12)18-14(17)11-3-1-2-10(8-11)9-16/h1-8H. The largest absolute Gasteiger partial charge is 0.281 e. The zero-order valence-electron chi connectivity index (χ0n) is 9.26. The molecule has 0 N–H and O–H groups in total. The van der Waals surface area contributed by atoms with Crippen molar-refractivity contribution in [1.29, 1.82) is 5.26 Å². The summed E-state index contributed by atoms with van der Waals surface area (Å²) < 4.78 is 0. The Balaban J connectivity index is 2.17. The predicted molar refractivity (Wildman–Crippen MR) is 72.8 cm³/mol. The summed E-state index contributed by atoms with van der Waals surface area (Å²) in [5, 5.41) is 9.33. The van der Waals surface area contributed by atoms with E-state index in [0.29, 0.717) is 16.1 Å². The van der Waals surface area contributed by atoms with Gasteiger partial charge in [0.15, 0.2) is 0 Å². The number of halogens is 1. The van der Waals surface area contributed by atoms with E-state index in [0.717, 1.165) is 16.7 Å². The number of nitriles is 1. The molecule has 0 fully saturated rings. The van der Waals surface area contributed by atoms with Crippen LogP contribution in [-0.4, -0.2) is 5.12 Å². The van der Waals surface area contributed by atoms with Gasteiger partial charge in [-0.25, -0.2) is 0 Å². The van der Waals surface area contributed by atoms with E-state index in [1.807, 2.05) is 6.07 Å². The molecule has 2 rings (SSSR count). The lowest BCUT2D eigenvalue weighted by Crippen LogP contribution is -1.93. The monoisotopic (exact) mass is 273 g/mol. The van der Waals surface area contributed by atoms with Crippen LogP contribution < -0.4 is 0 Å². The molecule has 0 aromatic heterocycles. The minimum absolute atomic E-state index is 0.0885. The fourth-order valence-electron chi connectivity index (χ4n) is 1.38. The molecule has 2 nitrogen and oxygen atoms in total. The molecule has 4 heteroatoms. The molecule has 0 saturated carbocycles. The molecule has 0 saturated heterocycles. The van der Waals surface area contributed by atoms with Gasteiger partial charge in [0.2, 0.25) is 5.12 Å². The van der Waals surface area contributed by atoms with Gasteiger partial charge < -0.3 is 0 Å². The molecule has 0 aliphatic rings. The summed E-state index contributed by atoms with van der Waals surface area (Å²) in [6, 6.07) is 15.7. The Morgan fingerprint density at radius 1 is 1.17 bits per heavy atom. The Morgan fingerprint density at radius 3 is 2.56 bits per heavy atom. The molecule has 18 heavy (non-hydrogen) atoms. The second kappa shape index (κ2) is 5.72. The number of hydrogen-bond acceptors (Lipinski definition) is 3. The highest BCUT2D eigenvalue weighted by Gasteiger charge is 2.08. The van der Waals surface area contributed by atoms with Crippen LogP contribution in [0.2, 0.25) is 5.02 Å². The third-order valence-electron chi connectivity index (χ3n) is 2.25. The average Bonchev–Trinajstić information content (AvgIpc) is 2.41. The Bertz CT molecular complexity index is 616. The van der Waals surface area contributed by atoms with Crippen LogP contribution >= 0.6 is 23.4 Å². The van der Waals surface area contributed by atoms with Crippen molar-refractivity contribution in [2.24, 2.45) is 0 Å². The maximum Gasteiger partial charge on any atom is 0.224 e. The van der Waals surface area contributed by atoms with Gasteiger partial charge >= 0.3 is 0 Å². The Labute approximate surface area is 114 Å². The van der Waals surface area contributed by atoms with Crippen LogP contribution in [0.4, 0.5) is 0 Å². The van der Waals surface area contributed by atoms with Crippen molar-refractivity contribution in [2.45, 2.75) is 4.90 Å². The summed E-state index contributed by atoms with van der Waals surface area (Å²) >= 11 is 6.89. The van der Waals surface area contributed by atoms with E-state index in [9.17, 15) is 4.79 Å². The summed E-state index contributed by atoms with van der Waals surface area (Å²) in [7, 11) is 0. The Kier molecular flexibility index (Phi) is 4.03. The van der Waals surface area contributed by atoms with Gasteiger partial charge in [0.25, 0.3) is 0 Å². The smallest absolute Gasteiger partial charge is 0.224 e. The number of carbonyl (C=O) groups excluding carboxylic acids is 1.